The molecule has 2 aromatic rings. The number of aryl methyl sites for hydroxylation is 1. The Morgan fingerprint density at radius 2 is 1.57 bits per heavy atom. The lowest BCUT2D eigenvalue weighted by molar-refractivity contribution is 0.0127. The minimum absolute atomic E-state index is 0.118. The van der Waals surface area contributed by atoms with Crippen LogP contribution in [0.5, 0.6) is 0 Å². The van der Waals surface area contributed by atoms with Gasteiger partial charge in [0.05, 0.1) is 0 Å². The van der Waals surface area contributed by atoms with Gasteiger partial charge in [0.2, 0.25) is 0 Å². The van der Waals surface area contributed by atoms with Crippen molar-refractivity contribution in [1.29, 1.82) is 0 Å². The van der Waals surface area contributed by atoms with Crippen molar-refractivity contribution in [3.8, 4) is 11.1 Å². The minimum Gasteiger partial charge on any atom is -0.254 e. The number of aromatic nitrogens is 1. The highest BCUT2D eigenvalue weighted by atomic mass is 19.3. The zero-order chi connectivity index (χ0) is 15.8. The monoisotopic (exact) mass is 297 g/mol. The Labute approximate surface area is 120 Å². The van der Waals surface area contributed by atoms with E-state index in [1.807, 2.05) is 0 Å². The van der Waals surface area contributed by atoms with Crippen molar-refractivity contribution in [2.45, 2.75) is 32.6 Å². The third-order valence-corrected chi connectivity index (χ3v) is 3.27. The Bertz CT molecular complexity index is 637. The molecule has 0 aliphatic rings. The number of alkyl halides is 4. The normalized spacial score (nSPS) is 12.5. The fourth-order valence-corrected chi connectivity index (χ4v) is 2.02. The van der Waals surface area contributed by atoms with Crippen LogP contribution < -0.4 is 0 Å². The Morgan fingerprint density at radius 1 is 0.905 bits per heavy atom. The minimum atomic E-state index is -3.02. The second kappa shape index (κ2) is 5.13. The number of hydrogen-bond acceptors (Lipinski definition) is 1. The molecule has 0 radical (unpaired) electrons. The van der Waals surface area contributed by atoms with Crippen molar-refractivity contribution in [1.82, 2.24) is 4.98 Å². The summed E-state index contributed by atoms with van der Waals surface area (Å²) in [5.74, 6) is -5.97. The molecule has 0 fully saturated rings. The number of hydrogen-bond donors (Lipinski definition) is 0. The highest BCUT2D eigenvalue weighted by Crippen LogP contribution is 2.33. The van der Waals surface area contributed by atoms with Gasteiger partial charge in [-0.05, 0) is 30.2 Å². The zero-order valence-electron chi connectivity index (χ0n) is 11.9. The van der Waals surface area contributed by atoms with E-state index in [-0.39, 0.29) is 11.3 Å². The molecule has 0 amide bonds. The van der Waals surface area contributed by atoms with Gasteiger partial charge in [-0.2, -0.15) is 8.78 Å². The molecular weight excluding hydrogens is 282 g/mol. The zero-order valence-corrected chi connectivity index (χ0v) is 11.9. The van der Waals surface area contributed by atoms with E-state index in [0.29, 0.717) is 11.1 Å². The summed E-state index contributed by atoms with van der Waals surface area (Å²) in [5, 5.41) is 0. The molecule has 0 spiro atoms. The molecule has 0 aliphatic carbocycles. The molecule has 0 bridgehead atoms. The van der Waals surface area contributed by atoms with Gasteiger partial charge in [-0.25, -0.2) is 8.78 Å². The Hall–Kier alpha value is -1.91. The Balaban J connectivity index is 2.47. The van der Waals surface area contributed by atoms with Gasteiger partial charge in [0.25, 0.3) is 11.8 Å². The van der Waals surface area contributed by atoms with Gasteiger partial charge in [-0.15, -0.1) is 0 Å². The van der Waals surface area contributed by atoms with Crippen LogP contribution in [0.3, 0.4) is 0 Å². The first-order valence-corrected chi connectivity index (χ1v) is 6.43. The smallest absolute Gasteiger partial charge is 0.254 e. The molecule has 0 saturated heterocycles. The molecule has 1 nitrogen and oxygen atoms in total. The van der Waals surface area contributed by atoms with E-state index in [9.17, 15) is 17.6 Å². The molecule has 0 saturated carbocycles. The maximum absolute atomic E-state index is 13.4. The Kier molecular flexibility index (Phi) is 3.78. The van der Waals surface area contributed by atoms with E-state index in [4.69, 9.17) is 0 Å². The van der Waals surface area contributed by atoms with E-state index in [0.717, 1.165) is 19.4 Å². The van der Waals surface area contributed by atoms with Crippen molar-refractivity contribution in [3.05, 3.63) is 53.3 Å². The third kappa shape index (κ3) is 3.40. The maximum Gasteiger partial charge on any atom is 0.286 e. The van der Waals surface area contributed by atoms with Crippen LogP contribution >= 0.6 is 0 Å². The van der Waals surface area contributed by atoms with Crippen molar-refractivity contribution in [2.75, 3.05) is 0 Å². The van der Waals surface area contributed by atoms with Gasteiger partial charge in [0.15, 0.2) is 0 Å². The van der Waals surface area contributed by atoms with Gasteiger partial charge in [0, 0.05) is 31.2 Å². The van der Waals surface area contributed by atoms with Crippen LogP contribution in [0.1, 0.15) is 30.7 Å². The molecular formula is C16H15F4N. The molecule has 5 heteroatoms. The molecule has 21 heavy (non-hydrogen) atoms. The number of benzene rings is 1. The highest BCUT2D eigenvalue weighted by Gasteiger charge is 2.27. The average molecular weight is 297 g/mol. The molecule has 1 aromatic heterocycles. The molecule has 0 aliphatic heterocycles. The van der Waals surface area contributed by atoms with Crippen LogP contribution in [-0.2, 0) is 11.8 Å². The predicted octanol–water partition coefficient (Wildman–Crippen LogP) is 5.28. The summed E-state index contributed by atoms with van der Waals surface area (Å²) in [7, 11) is 0. The molecule has 0 unspecified atom stereocenters. The average Bonchev–Trinajstić information content (AvgIpc) is 2.37. The first-order chi connectivity index (χ1) is 9.59. The SMILES string of the molecule is Cc1ccc(C(C)(F)F)cc1-c1ccc(C(C)(F)F)nc1. The first-order valence-electron chi connectivity index (χ1n) is 6.43. The van der Waals surface area contributed by atoms with Crippen LogP contribution in [0.4, 0.5) is 17.6 Å². The molecule has 112 valence electrons. The number of pyridine rings is 1. The first kappa shape index (κ1) is 15.5. The van der Waals surface area contributed by atoms with E-state index in [1.54, 1.807) is 13.0 Å². The lowest BCUT2D eigenvalue weighted by Crippen LogP contribution is -2.09. The van der Waals surface area contributed by atoms with Crippen LogP contribution in [0, 0.1) is 6.92 Å². The summed E-state index contributed by atoms with van der Waals surface area (Å²) < 4.78 is 53.0. The summed E-state index contributed by atoms with van der Waals surface area (Å²) in [6, 6.07) is 7.01. The van der Waals surface area contributed by atoms with Crippen molar-refractivity contribution in [2.24, 2.45) is 0 Å². The van der Waals surface area contributed by atoms with E-state index in [1.165, 1.54) is 30.5 Å². The molecule has 1 aromatic carbocycles. The van der Waals surface area contributed by atoms with Gasteiger partial charge in [-0.1, -0.05) is 18.2 Å². The third-order valence-electron chi connectivity index (χ3n) is 3.27. The largest absolute Gasteiger partial charge is 0.286 e. The van der Waals surface area contributed by atoms with Crippen LogP contribution in [0.2, 0.25) is 0 Å². The molecule has 0 N–H and O–H groups in total. The second-order valence-electron chi connectivity index (χ2n) is 5.24. The standard InChI is InChI=1S/C16H15F4N/c1-10-4-6-12(15(2,17)18)8-13(10)11-5-7-14(21-9-11)16(3,19)20/h4-9H,1-3H3. The number of halogens is 4. The number of nitrogens with zero attached hydrogens (tertiary/aromatic N) is 1. The molecule has 1 heterocycles. The second-order valence-corrected chi connectivity index (χ2v) is 5.24. The topological polar surface area (TPSA) is 12.9 Å². The van der Waals surface area contributed by atoms with Crippen LogP contribution in [0.15, 0.2) is 36.5 Å². The summed E-state index contributed by atoms with van der Waals surface area (Å²) in [6.45, 7) is 3.36. The summed E-state index contributed by atoms with van der Waals surface area (Å²) >= 11 is 0. The van der Waals surface area contributed by atoms with Crippen LogP contribution in [-0.4, -0.2) is 4.98 Å². The maximum atomic E-state index is 13.4. The van der Waals surface area contributed by atoms with Crippen molar-refractivity contribution >= 4 is 0 Å². The van der Waals surface area contributed by atoms with Gasteiger partial charge in [0.1, 0.15) is 5.69 Å². The van der Waals surface area contributed by atoms with Crippen molar-refractivity contribution < 1.29 is 17.6 Å². The van der Waals surface area contributed by atoms with E-state index >= 15 is 0 Å². The van der Waals surface area contributed by atoms with Gasteiger partial charge < -0.3 is 0 Å². The lowest BCUT2D eigenvalue weighted by Gasteiger charge is -2.15. The molecule has 0 atom stereocenters. The predicted molar refractivity (Wildman–Crippen MR) is 73.5 cm³/mol. The van der Waals surface area contributed by atoms with E-state index < -0.39 is 11.8 Å². The summed E-state index contributed by atoms with van der Waals surface area (Å²) in [4.78, 5) is 3.72. The summed E-state index contributed by atoms with van der Waals surface area (Å²) in [5.41, 5.74) is 1.41. The van der Waals surface area contributed by atoms with Gasteiger partial charge in [-0.3, -0.25) is 4.98 Å². The van der Waals surface area contributed by atoms with Crippen molar-refractivity contribution in [3.63, 3.8) is 0 Å². The fourth-order valence-electron chi connectivity index (χ4n) is 2.02. The van der Waals surface area contributed by atoms with Gasteiger partial charge >= 0.3 is 0 Å². The highest BCUT2D eigenvalue weighted by molar-refractivity contribution is 5.67. The number of rotatable bonds is 3. The van der Waals surface area contributed by atoms with Crippen LogP contribution in [0.25, 0.3) is 11.1 Å². The quantitative estimate of drug-likeness (QED) is 0.702. The summed E-state index contributed by atoms with van der Waals surface area (Å²) in [6.07, 6.45) is 1.28. The fraction of sp³-hybridized carbons (Fsp3) is 0.312. The van der Waals surface area contributed by atoms with E-state index in [2.05, 4.69) is 4.98 Å². The lowest BCUT2D eigenvalue weighted by atomic mass is 9.97. The Morgan fingerprint density at radius 3 is 2.05 bits per heavy atom. The molecule has 2 rings (SSSR count).